The Hall–Kier alpha value is -1.06. The van der Waals surface area contributed by atoms with Crippen molar-refractivity contribution in [2.24, 2.45) is 5.92 Å². The van der Waals surface area contributed by atoms with E-state index >= 15 is 0 Å². The van der Waals surface area contributed by atoms with E-state index in [0.29, 0.717) is 0 Å². The molecule has 2 nitrogen and oxygen atoms in total. The highest BCUT2D eigenvalue weighted by molar-refractivity contribution is 5.01. The Balaban J connectivity index is 6.25. The molecule has 1 N–H and O–H groups in total. The fourth-order valence-corrected chi connectivity index (χ4v) is 2.35. The van der Waals surface area contributed by atoms with Gasteiger partial charge in [0, 0.05) is 19.3 Å². The van der Waals surface area contributed by atoms with Crippen molar-refractivity contribution in [3.05, 3.63) is 0 Å². The Morgan fingerprint density at radius 2 is 0.828 bits per heavy atom. The van der Waals surface area contributed by atoms with E-state index in [1.807, 2.05) is 0 Å². The molecule has 0 amide bonds. The van der Waals surface area contributed by atoms with Crippen LogP contribution in [0.1, 0.15) is 19.3 Å². The van der Waals surface area contributed by atoms with Gasteiger partial charge in [0.25, 0.3) is 11.3 Å². The molecule has 0 bridgehead atoms. The van der Waals surface area contributed by atoms with Gasteiger partial charge in [0.15, 0.2) is 0 Å². The maximum atomic E-state index is 13.8. The number of hydrogen-bond donors (Lipinski definition) is 1. The van der Waals surface area contributed by atoms with Gasteiger partial charge in [0.2, 0.25) is 0 Å². The number of quaternary nitrogens is 1. The van der Waals surface area contributed by atoms with E-state index in [1.165, 1.54) is 0 Å². The molecule has 0 spiro atoms. The lowest BCUT2D eigenvalue weighted by Crippen LogP contribution is -2.57. The van der Waals surface area contributed by atoms with E-state index in [1.54, 1.807) is 0 Å². The third-order valence-corrected chi connectivity index (χ3v) is 4.02. The summed E-state index contributed by atoms with van der Waals surface area (Å²) in [7, 11) is 1.65. The predicted octanol–water partition coefficient (Wildman–Crippen LogP) is 5.90. The lowest BCUT2D eigenvalue weighted by atomic mass is 9.81. The average Bonchev–Trinajstić information content (AvgIpc) is 2.38. The largest absolute Gasteiger partial charge is 0.431 e. The summed E-state index contributed by atoms with van der Waals surface area (Å²) in [5.41, 5.74) is -12.4. The number of rotatable bonds is 7. The minimum atomic E-state index is -6.76. The maximum Gasteiger partial charge on any atom is 0.431 e. The molecule has 0 aliphatic carbocycles. The standard InChI is InChI=1S/C13H16F14NO/c1-28(2,29)4-3-7(5-8(14,10(16,17)18)11(19,20)21)6-9(15,12(22,23)24)13(25,26)27/h7,29H,3-6H2,1-2H3/q+1. The van der Waals surface area contributed by atoms with Crippen molar-refractivity contribution in [2.75, 3.05) is 20.6 Å². The summed E-state index contributed by atoms with van der Waals surface area (Å²) in [6.07, 6.45) is -34.4. The molecule has 0 aromatic carbocycles. The van der Waals surface area contributed by atoms with Gasteiger partial charge in [-0.2, -0.15) is 57.3 Å². The summed E-state index contributed by atoms with van der Waals surface area (Å²) in [6.45, 7) is -0.998. The minimum absolute atomic E-state index is 0.823. The molecule has 0 radical (unpaired) electrons. The van der Waals surface area contributed by atoms with E-state index in [2.05, 4.69) is 0 Å². The van der Waals surface area contributed by atoms with Gasteiger partial charge >= 0.3 is 24.7 Å². The Morgan fingerprint density at radius 1 is 0.586 bits per heavy atom. The number of nitrogens with zero attached hydrogens (tertiary/aromatic N) is 1. The third kappa shape index (κ3) is 6.46. The molecule has 0 aromatic rings. The molecule has 0 aliphatic heterocycles. The summed E-state index contributed by atoms with van der Waals surface area (Å²) in [5, 5.41) is 9.36. The highest BCUT2D eigenvalue weighted by atomic mass is 19.4. The molecule has 0 unspecified atom stereocenters. The van der Waals surface area contributed by atoms with Gasteiger partial charge in [-0.1, -0.05) is 0 Å². The molecule has 0 aromatic heterocycles. The minimum Gasteiger partial charge on any atom is -0.224 e. The average molecular weight is 468 g/mol. The van der Waals surface area contributed by atoms with Crippen LogP contribution in [0.2, 0.25) is 0 Å². The Morgan fingerprint density at radius 3 is 1.00 bits per heavy atom. The first-order valence-electron chi connectivity index (χ1n) is 7.49. The molecule has 0 saturated carbocycles. The van der Waals surface area contributed by atoms with Crippen LogP contribution in [0.3, 0.4) is 0 Å². The van der Waals surface area contributed by atoms with Crippen LogP contribution in [0.15, 0.2) is 0 Å². The van der Waals surface area contributed by atoms with Crippen LogP contribution in [0.25, 0.3) is 0 Å². The topological polar surface area (TPSA) is 20.2 Å². The van der Waals surface area contributed by atoms with Gasteiger partial charge < -0.3 is 0 Å². The molecule has 0 heterocycles. The second-order valence-electron chi connectivity index (χ2n) is 7.00. The van der Waals surface area contributed by atoms with Crippen LogP contribution in [-0.4, -0.2) is 66.5 Å². The summed E-state index contributed by atoms with van der Waals surface area (Å²) in [4.78, 5) is 0. The smallest absolute Gasteiger partial charge is 0.224 e. The van der Waals surface area contributed by atoms with Crippen molar-refractivity contribution in [1.82, 2.24) is 0 Å². The fraction of sp³-hybridized carbons (Fsp3) is 1.00. The zero-order valence-corrected chi connectivity index (χ0v) is 14.6. The Labute approximate surface area is 154 Å². The quantitative estimate of drug-likeness (QED) is 0.280. The zero-order valence-electron chi connectivity index (χ0n) is 14.6. The van der Waals surface area contributed by atoms with Crippen molar-refractivity contribution in [1.29, 1.82) is 0 Å². The first-order chi connectivity index (χ1) is 12.3. The van der Waals surface area contributed by atoms with Gasteiger partial charge in [-0.05, 0) is 5.92 Å². The van der Waals surface area contributed by atoms with Gasteiger partial charge in [-0.15, -0.1) is 0 Å². The first-order valence-corrected chi connectivity index (χ1v) is 7.49. The van der Waals surface area contributed by atoms with Gasteiger partial charge in [0.1, 0.15) is 6.54 Å². The van der Waals surface area contributed by atoms with Crippen molar-refractivity contribution >= 4 is 0 Å². The molecule has 0 saturated heterocycles. The van der Waals surface area contributed by atoms with E-state index < -0.39 is 72.4 Å². The second kappa shape index (κ2) is 7.89. The number of hydrogen-bond acceptors (Lipinski definition) is 1. The normalized spacial score (nSPS) is 15.9. The number of alkyl halides is 14. The van der Waals surface area contributed by atoms with E-state index in [4.69, 9.17) is 0 Å². The fourth-order valence-electron chi connectivity index (χ4n) is 2.35. The van der Waals surface area contributed by atoms with Gasteiger partial charge in [-0.25, -0.2) is 14.0 Å². The predicted molar refractivity (Wildman–Crippen MR) is 68.0 cm³/mol. The lowest BCUT2D eigenvalue weighted by Gasteiger charge is -2.37. The van der Waals surface area contributed by atoms with Crippen LogP contribution in [0, 0.1) is 5.92 Å². The van der Waals surface area contributed by atoms with Crippen molar-refractivity contribution < 1.29 is 71.3 Å². The molecular formula is C13H16F14NO+. The van der Waals surface area contributed by atoms with E-state index in [-0.39, 0.29) is 0 Å². The molecule has 0 aliphatic rings. The van der Waals surface area contributed by atoms with Crippen molar-refractivity contribution in [3.8, 4) is 0 Å². The van der Waals surface area contributed by atoms with Gasteiger partial charge in [-0.3, -0.25) is 0 Å². The van der Waals surface area contributed by atoms with Crippen LogP contribution >= 0.6 is 0 Å². The molecule has 0 fully saturated rings. The monoisotopic (exact) mass is 468 g/mol. The third-order valence-electron chi connectivity index (χ3n) is 4.02. The van der Waals surface area contributed by atoms with E-state index in [9.17, 15) is 66.7 Å². The zero-order chi connectivity index (χ0) is 23.9. The van der Waals surface area contributed by atoms with E-state index in [0.717, 1.165) is 14.1 Å². The van der Waals surface area contributed by atoms with Crippen LogP contribution in [0.4, 0.5) is 61.5 Å². The number of hydroxylamine groups is 3. The summed E-state index contributed by atoms with van der Waals surface area (Å²) in [5.74, 6) is -3.05. The highest BCUT2D eigenvalue weighted by Crippen LogP contribution is 2.54. The van der Waals surface area contributed by atoms with Crippen LogP contribution in [-0.2, 0) is 0 Å². The molecule has 176 valence electrons. The molecule has 16 heteroatoms. The highest BCUT2D eigenvalue weighted by Gasteiger charge is 2.75. The molecular weight excluding hydrogens is 452 g/mol. The molecule has 0 atom stereocenters. The lowest BCUT2D eigenvalue weighted by molar-refractivity contribution is -1.07. The van der Waals surface area contributed by atoms with Crippen LogP contribution in [0.5, 0.6) is 0 Å². The molecule has 0 rings (SSSR count). The van der Waals surface area contributed by atoms with Crippen LogP contribution < -0.4 is 0 Å². The molecule has 29 heavy (non-hydrogen) atoms. The second-order valence-corrected chi connectivity index (χ2v) is 7.00. The van der Waals surface area contributed by atoms with Crippen molar-refractivity contribution in [3.63, 3.8) is 0 Å². The summed E-state index contributed by atoms with van der Waals surface area (Å²) >= 11 is 0. The van der Waals surface area contributed by atoms with Crippen molar-refractivity contribution in [2.45, 2.75) is 55.3 Å². The first kappa shape index (κ1) is 27.9. The maximum absolute atomic E-state index is 13.8. The summed E-state index contributed by atoms with van der Waals surface area (Å²) < 4.78 is 178. The number of halogens is 14. The SMILES string of the molecule is C[N+](C)(O)CCC(CC(F)(C(F)(F)F)C(F)(F)F)CC(F)(C(F)(F)F)C(F)(F)F. The van der Waals surface area contributed by atoms with Gasteiger partial charge in [0.05, 0.1) is 14.1 Å². The summed E-state index contributed by atoms with van der Waals surface area (Å²) in [6, 6.07) is 0. The Kier molecular flexibility index (Phi) is 7.60. The Bertz CT molecular complexity index is 470.